The summed E-state index contributed by atoms with van der Waals surface area (Å²) in [6.45, 7) is 0.563. The molecule has 0 aliphatic rings. The van der Waals surface area contributed by atoms with Crippen LogP contribution in [0.25, 0.3) is 0 Å². The predicted molar refractivity (Wildman–Crippen MR) is 81.4 cm³/mol. The van der Waals surface area contributed by atoms with Gasteiger partial charge in [0.25, 0.3) is 0 Å². The molecule has 0 fully saturated rings. The summed E-state index contributed by atoms with van der Waals surface area (Å²) in [6, 6.07) is 11.1. The Balaban J connectivity index is 1.82. The maximum Gasteiger partial charge on any atom is 0.119 e. The van der Waals surface area contributed by atoms with Crippen LogP contribution in [0.2, 0.25) is 0 Å². The van der Waals surface area contributed by atoms with Crippen molar-refractivity contribution in [2.24, 2.45) is 5.73 Å². The third-order valence-electron chi connectivity index (χ3n) is 2.64. The summed E-state index contributed by atoms with van der Waals surface area (Å²) < 4.78 is 18.2. The molecule has 0 aliphatic carbocycles. The highest BCUT2D eigenvalue weighted by Crippen LogP contribution is 2.16. The smallest absolute Gasteiger partial charge is 0.119 e. The molecule has 0 saturated carbocycles. The van der Waals surface area contributed by atoms with Crippen LogP contribution in [0, 0.1) is 0 Å². The third-order valence-corrected chi connectivity index (χ3v) is 5.42. The van der Waals surface area contributed by atoms with Gasteiger partial charge in [0.2, 0.25) is 0 Å². The molecule has 2 unspecified atom stereocenters. The van der Waals surface area contributed by atoms with Crippen molar-refractivity contribution in [2.75, 3.05) is 12.4 Å². The lowest BCUT2D eigenvalue weighted by atomic mass is 10.2. The highest BCUT2D eigenvalue weighted by atomic mass is 32.2. The topological polar surface area (TPSA) is 72.6 Å². The van der Waals surface area contributed by atoms with Crippen molar-refractivity contribution in [3.05, 3.63) is 47.3 Å². The monoisotopic (exact) mass is 311 g/mol. The van der Waals surface area contributed by atoms with E-state index < -0.39 is 16.9 Å². The Morgan fingerprint density at radius 3 is 2.90 bits per heavy atom. The number of aliphatic hydroxyl groups excluding tert-OH is 1. The van der Waals surface area contributed by atoms with E-state index in [0.29, 0.717) is 12.3 Å². The van der Waals surface area contributed by atoms with Crippen molar-refractivity contribution in [3.8, 4) is 5.75 Å². The maximum absolute atomic E-state index is 11.9. The Bertz CT molecular complexity index is 557. The molecule has 0 bridgehead atoms. The van der Waals surface area contributed by atoms with Crippen LogP contribution in [0.5, 0.6) is 5.75 Å². The van der Waals surface area contributed by atoms with Crippen molar-refractivity contribution in [1.82, 2.24) is 0 Å². The van der Waals surface area contributed by atoms with Gasteiger partial charge in [-0.3, -0.25) is 4.21 Å². The highest BCUT2D eigenvalue weighted by Gasteiger charge is 2.13. The second kappa shape index (κ2) is 7.54. The molecule has 2 atom stereocenters. The van der Waals surface area contributed by atoms with Gasteiger partial charge in [0.05, 0.1) is 26.9 Å². The normalized spacial score (nSPS) is 13.9. The number of aliphatic hydroxyl groups is 1. The first-order valence-electron chi connectivity index (χ1n) is 6.21. The second-order valence-corrected chi connectivity index (χ2v) is 6.93. The van der Waals surface area contributed by atoms with Gasteiger partial charge in [-0.25, -0.2) is 0 Å². The standard InChI is InChI=1S/C14H17NO3S2/c15-8-11-3-1-4-13(7-11)18-9-12(16)10-20(17)14-5-2-6-19-14/h1-7,12,16H,8-10,15H2. The minimum Gasteiger partial charge on any atom is -0.491 e. The molecule has 20 heavy (non-hydrogen) atoms. The van der Waals surface area contributed by atoms with E-state index in [1.807, 2.05) is 35.7 Å². The molecule has 6 heteroatoms. The quantitative estimate of drug-likeness (QED) is 0.817. The summed E-state index contributed by atoms with van der Waals surface area (Å²) in [7, 11) is -1.18. The van der Waals surface area contributed by atoms with Crippen LogP contribution in [-0.4, -0.2) is 27.8 Å². The van der Waals surface area contributed by atoms with E-state index in [-0.39, 0.29) is 12.4 Å². The van der Waals surface area contributed by atoms with Gasteiger partial charge in [-0.2, -0.15) is 0 Å². The number of rotatable bonds is 7. The lowest BCUT2D eigenvalue weighted by Gasteiger charge is -2.12. The van der Waals surface area contributed by atoms with E-state index in [1.54, 1.807) is 6.07 Å². The fraction of sp³-hybridized carbons (Fsp3) is 0.286. The van der Waals surface area contributed by atoms with Crippen LogP contribution >= 0.6 is 11.3 Å². The molecular formula is C14H17NO3S2. The number of thiophene rings is 1. The minimum atomic E-state index is -1.18. The minimum absolute atomic E-state index is 0.116. The lowest BCUT2D eigenvalue weighted by molar-refractivity contribution is 0.125. The lowest BCUT2D eigenvalue weighted by Crippen LogP contribution is -2.24. The van der Waals surface area contributed by atoms with E-state index in [0.717, 1.165) is 9.77 Å². The Hall–Kier alpha value is -1.21. The van der Waals surface area contributed by atoms with Gasteiger partial charge in [0.15, 0.2) is 0 Å². The molecular weight excluding hydrogens is 294 g/mol. The average Bonchev–Trinajstić information content (AvgIpc) is 2.99. The van der Waals surface area contributed by atoms with Gasteiger partial charge in [-0.05, 0) is 29.1 Å². The number of nitrogens with two attached hydrogens (primary N) is 1. The molecule has 4 nitrogen and oxygen atoms in total. The first-order valence-corrected chi connectivity index (χ1v) is 8.40. The zero-order valence-electron chi connectivity index (χ0n) is 10.9. The first kappa shape index (κ1) is 15.2. The van der Waals surface area contributed by atoms with Gasteiger partial charge in [0, 0.05) is 6.54 Å². The Kier molecular flexibility index (Phi) is 5.72. The molecule has 0 aliphatic heterocycles. The van der Waals surface area contributed by atoms with Crippen LogP contribution in [0.4, 0.5) is 0 Å². The zero-order chi connectivity index (χ0) is 14.4. The van der Waals surface area contributed by atoms with Crippen molar-refractivity contribution in [3.63, 3.8) is 0 Å². The SMILES string of the molecule is NCc1cccc(OCC(O)CS(=O)c2cccs2)c1. The third kappa shape index (κ3) is 4.42. The van der Waals surface area contributed by atoms with E-state index >= 15 is 0 Å². The summed E-state index contributed by atoms with van der Waals surface area (Å²) in [5, 5.41) is 11.7. The Labute approximate surface area is 124 Å². The average molecular weight is 311 g/mol. The van der Waals surface area contributed by atoms with Gasteiger partial charge in [-0.15, -0.1) is 11.3 Å². The Morgan fingerprint density at radius 1 is 1.35 bits per heavy atom. The number of hydrogen-bond donors (Lipinski definition) is 2. The number of benzene rings is 1. The molecule has 0 amide bonds. The molecule has 1 heterocycles. The van der Waals surface area contributed by atoms with Crippen molar-refractivity contribution >= 4 is 22.1 Å². The van der Waals surface area contributed by atoms with Gasteiger partial charge in [0.1, 0.15) is 12.4 Å². The van der Waals surface area contributed by atoms with E-state index in [1.165, 1.54) is 11.3 Å². The summed E-state index contributed by atoms with van der Waals surface area (Å²) in [5.74, 6) is 0.839. The fourth-order valence-corrected chi connectivity index (χ4v) is 3.74. The van der Waals surface area contributed by atoms with Crippen molar-refractivity contribution in [1.29, 1.82) is 0 Å². The van der Waals surface area contributed by atoms with E-state index in [4.69, 9.17) is 10.5 Å². The Morgan fingerprint density at radius 2 is 2.20 bits per heavy atom. The first-order chi connectivity index (χ1) is 9.69. The zero-order valence-corrected chi connectivity index (χ0v) is 12.5. The van der Waals surface area contributed by atoms with Crippen LogP contribution in [0.1, 0.15) is 5.56 Å². The van der Waals surface area contributed by atoms with Gasteiger partial charge < -0.3 is 15.6 Å². The second-order valence-electron chi connectivity index (χ2n) is 4.26. The number of hydrogen-bond acceptors (Lipinski definition) is 5. The molecule has 0 spiro atoms. The summed E-state index contributed by atoms with van der Waals surface area (Å²) in [4.78, 5) is 0. The molecule has 2 rings (SSSR count). The van der Waals surface area contributed by atoms with Crippen LogP contribution < -0.4 is 10.5 Å². The maximum atomic E-state index is 11.9. The number of ether oxygens (including phenoxy) is 1. The van der Waals surface area contributed by atoms with E-state index in [2.05, 4.69) is 0 Å². The van der Waals surface area contributed by atoms with Crippen molar-refractivity contribution in [2.45, 2.75) is 16.9 Å². The van der Waals surface area contributed by atoms with Crippen molar-refractivity contribution < 1.29 is 14.1 Å². The molecule has 0 radical (unpaired) electrons. The van der Waals surface area contributed by atoms with Crippen LogP contribution in [0.15, 0.2) is 46.0 Å². The van der Waals surface area contributed by atoms with E-state index in [9.17, 15) is 9.32 Å². The van der Waals surface area contributed by atoms with Gasteiger partial charge >= 0.3 is 0 Å². The summed E-state index contributed by atoms with van der Waals surface area (Å²) in [6.07, 6.45) is -0.764. The summed E-state index contributed by atoms with van der Waals surface area (Å²) >= 11 is 1.43. The summed E-state index contributed by atoms with van der Waals surface area (Å²) in [5.41, 5.74) is 6.52. The molecule has 2 aromatic rings. The molecule has 108 valence electrons. The largest absolute Gasteiger partial charge is 0.491 e. The highest BCUT2D eigenvalue weighted by molar-refractivity contribution is 7.87. The molecule has 1 aromatic carbocycles. The molecule has 3 N–H and O–H groups in total. The van der Waals surface area contributed by atoms with Crippen LogP contribution in [-0.2, 0) is 17.3 Å². The molecule has 0 saturated heterocycles. The molecule has 1 aromatic heterocycles. The van der Waals surface area contributed by atoms with Gasteiger partial charge in [-0.1, -0.05) is 18.2 Å². The fourth-order valence-electron chi connectivity index (χ4n) is 1.65. The van der Waals surface area contributed by atoms with Crippen LogP contribution in [0.3, 0.4) is 0 Å². The predicted octanol–water partition coefficient (Wildman–Crippen LogP) is 1.75.